The zero-order chi connectivity index (χ0) is 17.8. The summed E-state index contributed by atoms with van der Waals surface area (Å²) in [6.45, 7) is 3.34. The number of hydrogen-bond donors (Lipinski definition) is 0. The Bertz CT molecular complexity index is 608. The molecule has 6 heteroatoms. The smallest absolute Gasteiger partial charge is 0.253 e. The summed E-state index contributed by atoms with van der Waals surface area (Å²) < 4.78 is 10.7. The van der Waals surface area contributed by atoms with Crippen molar-refractivity contribution in [1.29, 1.82) is 0 Å². The van der Waals surface area contributed by atoms with Crippen LogP contribution in [0.3, 0.4) is 0 Å². The van der Waals surface area contributed by atoms with Gasteiger partial charge in [0.25, 0.3) is 5.91 Å². The van der Waals surface area contributed by atoms with Gasteiger partial charge in [0.1, 0.15) is 11.9 Å². The third kappa shape index (κ3) is 4.19. The highest BCUT2D eigenvalue weighted by molar-refractivity contribution is 5.98. The molecule has 136 valence electrons. The Labute approximate surface area is 148 Å². The van der Waals surface area contributed by atoms with Gasteiger partial charge >= 0.3 is 0 Å². The van der Waals surface area contributed by atoms with Crippen molar-refractivity contribution in [3.8, 4) is 5.75 Å². The number of Topliss-reactive ketones (excluding diaryl/α,β-unsaturated/α-hetero) is 1. The summed E-state index contributed by atoms with van der Waals surface area (Å²) in [6.07, 6.45) is 1.05. The van der Waals surface area contributed by atoms with E-state index in [4.69, 9.17) is 9.47 Å². The number of likely N-dealkylation sites (tertiary alicyclic amines) is 1. The molecule has 1 amide bonds. The minimum atomic E-state index is -0.368. The third-order valence-corrected chi connectivity index (χ3v) is 5.10. The molecule has 1 unspecified atom stereocenters. The van der Waals surface area contributed by atoms with E-state index in [1.165, 1.54) is 0 Å². The van der Waals surface area contributed by atoms with Crippen molar-refractivity contribution >= 4 is 11.7 Å². The fourth-order valence-corrected chi connectivity index (χ4v) is 3.48. The van der Waals surface area contributed by atoms with Gasteiger partial charge in [-0.15, -0.1) is 0 Å². The molecule has 0 aliphatic carbocycles. The van der Waals surface area contributed by atoms with Crippen molar-refractivity contribution in [3.05, 3.63) is 29.8 Å². The van der Waals surface area contributed by atoms with Gasteiger partial charge in [0.05, 0.1) is 13.7 Å². The summed E-state index contributed by atoms with van der Waals surface area (Å²) in [5.74, 6) is 0.937. The van der Waals surface area contributed by atoms with Crippen LogP contribution in [0, 0.1) is 5.92 Å². The van der Waals surface area contributed by atoms with Gasteiger partial charge in [0.2, 0.25) is 0 Å². The number of likely N-dealkylation sites (N-methyl/N-ethyl adjacent to an activating group) is 1. The fraction of sp³-hybridized carbons (Fsp3) is 0.579. The normalized spacial score (nSPS) is 22.6. The topological polar surface area (TPSA) is 59.1 Å². The molecule has 2 aliphatic rings. The van der Waals surface area contributed by atoms with E-state index >= 15 is 0 Å². The van der Waals surface area contributed by atoms with E-state index in [2.05, 4.69) is 4.90 Å². The molecule has 0 spiro atoms. The first-order valence-electron chi connectivity index (χ1n) is 8.85. The highest BCUT2D eigenvalue weighted by Crippen LogP contribution is 2.24. The standard InChI is InChI=1S/C19H26N2O4/c1-20-11-12-25-17(13-20)19(23)21-9-7-15(8-10-21)18(22)14-3-5-16(24-2)6-4-14/h3-6,15,17H,7-13H2,1-2H3. The number of amides is 1. The molecule has 1 aromatic rings. The van der Waals surface area contributed by atoms with Crippen LogP contribution >= 0.6 is 0 Å². The molecule has 0 aromatic heterocycles. The van der Waals surface area contributed by atoms with Crippen LogP contribution in [0.2, 0.25) is 0 Å². The molecule has 1 aromatic carbocycles. The van der Waals surface area contributed by atoms with Gasteiger partial charge in [-0.05, 0) is 44.2 Å². The molecular weight excluding hydrogens is 320 g/mol. The van der Waals surface area contributed by atoms with Crippen LogP contribution in [-0.2, 0) is 9.53 Å². The maximum Gasteiger partial charge on any atom is 0.253 e. The lowest BCUT2D eigenvalue weighted by atomic mass is 9.88. The van der Waals surface area contributed by atoms with Gasteiger partial charge < -0.3 is 19.3 Å². The number of rotatable bonds is 4. The van der Waals surface area contributed by atoms with Gasteiger partial charge in [0.15, 0.2) is 5.78 Å². The van der Waals surface area contributed by atoms with Crippen LogP contribution in [0.4, 0.5) is 0 Å². The molecular formula is C19H26N2O4. The van der Waals surface area contributed by atoms with Crippen LogP contribution in [0.1, 0.15) is 23.2 Å². The molecule has 2 aliphatic heterocycles. The maximum atomic E-state index is 12.6. The van der Waals surface area contributed by atoms with E-state index in [1.807, 2.05) is 36.2 Å². The van der Waals surface area contributed by atoms with E-state index in [1.54, 1.807) is 7.11 Å². The van der Waals surface area contributed by atoms with Crippen LogP contribution in [0.25, 0.3) is 0 Å². The predicted molar refractivity (Wildman–Crippen MR) is 93.9 cm³/mol. The van der Waals surface area contributed by atoms with Crippen molar-refractivity contribution in [3.63, 3.8) is 0 Å². The number of piperidine rings is 1. The Kier molecular flexibility index (Phi) is 5.71. The van der Waals surface area contributed by atoms with E-state index in [-0.39, 0.29) is 23.7 Å². The van der Waals surface area contributed by atoms with Gasteiger partial charge in [-0.3, -0.25) is 9.59 Å². The second-order valence-corrected chi connectivity index (χ2v) is 6.81. The Morgan fingerprint density at radius 1 is 1.12 bits per heavy atom. The van der Waals surface area contributed by atoms with Gasteiger partial charge in [0, 0.05) is 37.7 Å². The van der Waals surface area contributed by atoms with E-state index in [0.717, 1.165) is 12.3 Å². The first-order chi connectivity index (χ1) is 12.1. The molecule has 2 fully saturated rings. The van der Waals surface area contributed by atoms with Crippen LogP contribution in [0.5, 0.6) is 5.75 Å². The highest BCUT2D eigenvalue weighted by atomic mass is 16.5. The summed E-state index contributed by atoms with van der Waals surface area (Å²) in [6, 6.07) is 7.24. The van der Waals surface area contributed by atoms with E-state index in [0.29, 0.717) is 44.6 Å². The molecule has 2 heterocycles. The molecule has 0 radical (unpaired) electrons. The fourth-order valence-electron chi connectivity index (χ4n) is 3.48. The highest BCUT2D eigenvalue weighted by Gasteiger charge is 2.33. The maximum absolute atomic E-state index is 12.6. The zero-order valence-electron chi connectivity index (χ0n) is 14.9. The average Bonchev–Trinajstić information content (AvgIpc) is 2.67. The minimum absolute atomic E-state index is 0.0209. The van der Waals surface area contributed by atoms with Gasteiger partial charge in [-0.1, -0.05) is 0 Å². The quantitative estimate of drug-likeness (QED) is 0.773. The summed E-state index contributed by atoms with van der Waals surface area (Å²) in [7, 11) is 3.61. The second kappa shape index (κ2) is 7.97. The van der Waals surface area contributed by atoms with Crippen molar-refractivity contribution < 1.29 is 19.1 Å². The lowest BCUT2D eigenvalue weighted by molar-refractivity contribution is -0.150. The van der Waals surface area contributed by atoms with E-state index in [9.17, 15) is 9.59 Å². The van der Waals surface area contributed by atoms with Crippen molar-refractivity contribution in [1.82, 2.24) is 9.80 Å². The number of ketones is 1. The first kappa shape index (κ1) is 17.9. The Morgan fingerprint density at radius 2 is 1.80 bits per heavy atom. The number of morpholine rings is 1. The molecule has 3 rings (SSSR count). The SMILES string of the molecule is COc1ccc(C(=O)C2CCN(C(=O)C3CN(C)CCO3)CC2)cc1. The summed E-state index contributed by atoms with van der Waals surface area (Å²) in [4.78, 5) is 29.2. The lowest BCUT2D eigenvalue weighted by Crippen LogP contribution is -2.52. The molecule has 0 N–H and O–H groups in total. The van der Waals surface area contributed by atoms with Crippen LogP contribution in [0.15, 0.2) is 24.3 Å². The Balaban J connectivity index is 1.54. The van der Waals surface area contributed by atoms with Gasteiger partial charge in [-0.2, -0.15) is 0 Å². The van der Waals surface area contributed by atoms with Crippen molar-refractivity contribution in [2.24, 2.45) is 5.92 Å². The summed E-state index contributed by atoms with van der Waals surface area (Å²) >= 11 is 0. The summed E-state index contributed by atoms with van der Waals surface area (Å²) in [5.41, 5.74) is 0.711. The zero-order valence-corrected chi connectivity index (χ0v) is 14.9. The largest absolute Gasteiger partial charge is 0.497 e. The number of methoxy groups -OCH3 is 1. The lowest BCUT2D eigenvalue weighted by Gasteiger charge is -2.36. The number of hydrogen-bond acceptors (Lipinski definition) is 5. The summed E-state index contributed by atoms with van der Waals surface area (Å²) in [5, 5.41) is 0. The molecule has 0 saturated carbocycles. The Morgan fingerprint density at radius 3 is 2.40 bits per heavy atom. The third-order valence-electron chi connectivity index (χ3n) is 5.10. The first-order valence-corrected chi connectivity index (χ1v) is 8.85. The molecule has 1 atom stereocenters. The molecule has 6 nitrogen and oxygen atoms in total. The minimum Gasteiger partial charge on any atom is -0.497 e. The Hall–Kier alpha value is -1.92. The van der Waals surface area contributed by atoms with Crippen LogP contribution in [-0.4, -0.2) is 74.5 Å². The predicted octanol–water partition coefficient (Wildman–Crippen LogP) is 1.45. The monoisotopic (exact) mass is 346 g/mol. The van der Waals surface area contributed by atoms with Crippen molar-refractivity contribution in [2.75, 3.05) is 46.9 Å². The van der Waals surface area contributed by atoms with Crippen molar-refractivity contribution in [2.45, 2.75) is 18.9 Å². The average molecular weight is 346 g/mol. The second-order valence-electron chi connectivity index (χ2n) is 6.81. The van der Waals surface area contributed by atoms with Gasteiger partial charge in [-0.25, -0.2) is 0 Å². The van der Waals surface area contributed by atoms with E-state index < -0.39 is 0 Å². The number of benzene rings is 1. The number of carbonyl (C=O) groups excluding carboxylic acids is 2. The number of ether oxygens (including phenoxy) is 2. The number of nitrogens with zero attached hydrogens (tertiary/aromatic N) is 2. The van der Waals surface area contributed by atoms with Crippen LogP contribution < -0.4 is 4.74 Å². The molecule has 2 saturated heterocycles. The number of carbonyl (C=O) groups is 2. The molecule has 25 heavy (non-hydrogen) atoms. The molecule has 0 bridgehead atoms.